The standard InChI is InChI=1S/C19H20N2O5S/c1-24-15-8-9-16(25-2)18(13-15)27(22,23)21-11-12-26-17-7-3-5-14-6-4-10-20-19(14)17/h3-10,13,21H,11-12H2,1-2H3. The van der Waals surface area contributed by atoms with Gasteiger partial charge in [-0.25, -0.2) is 13.1 Å². The minimum absolute atomic E-state index is 0.0103. The summed E-state index contributed by atoms with van der Waals surface area (Å²) in [6.45, 7) is 0.243. The predicted octanol–water partition coefficient (Wildman–Crippen LogP) is 2.61. The molecular formula is C19H20N2O5S. The lowest BCUT2D eigenvalue weighted by atomic mass is 10.2. The SMILES string of the molecule is COc1ccc(OC)c(S(=O)(=O)NCCOc2cccc3cccnc23)c1. The second-order valence-electron chi connectivity index (χ2n) is 5.59. The van der Waals surface area contributed by atoms with Crippen LogP contribution in [0.2, 0.25) is 0 Å². The Labute approximate surface area is 158 Å². The first-order valence-electron chi connectivity index (χ1n) is 8.23. The number of nitrogens with one attached hydrogen (secondary N) is 1. The summed E-state index contributed by atoms with van der Waals surface area (Å²) in [6.07, 6.45) is 1.69. The van der Waals surface area contributed by atoms with E-state index >= 15 is 0 Å². The number of hydrogen-bond acceptors (Lipinski definition) is 6. The number of pyridine rings is 1. The van der Waals surface area contributed by atoms with E-state index in [0.717, 1.165) is 10.9 Å². The first-order valence-corrected chi connectivity index (χ1v) is 9.72. The van der Waals surface area contributed by atoms with E-state index in [-0.39, 0.29) is 23.8 Å². The van der Waals surface area contributed by atoms with Gasteiger partial charge in [0.2, 0.25) is 10.0 Å². The van der Waals surface area contributed by atoms with E-state index in [4.69, 9.17) is 14.2 Å². The second kappa shape index (κ2) is 8.24. The summed E-state index contributed by atoms with van der Waals surface area (Å²) < 4.78 is 43.6. The van der Waals surface area contributed by atoms with Crippen LogP contribution in [0.5, 0.6) is 17.2 Å². The van der Waals surface area contributed by atoms with Crippen molar-refractivity contribution in [3.63, 3.8) is 0 Å². The maximum atomic E-state index is 12.6. The van der Waals surface area contributed by atoms with Crippen LogP contribution in [-0.4, -0.2) is 40.8 Å². The van der Waals surface area contributed by atoms with Gasteiger partial charge < -0.3 is 14.2 Å². The van der Waals surface area contributed by atoms with Crippen LogP contribution >= 0.6 is 0 Å². The highest BCUT2D eigenvalue weighted by Crippen LogP contribution is 2.28. The van der Waals surface area contributed by atoms with Crippen molar-refractivity contribution in [1.82, 2.24) is 9.71 Å². The quantitative estimate of drug-likeness (QED) is 0.597. The zero-order valence-corrected chi connectivity index (χ0v) is 15.8. The minimum Gasteiger partial charge on any atom is -0.497 e. The molecule has 142 valence electrons. The number of para-hydroxylation sites is 1. The van der Waals surface area contributed by atoms with Gasteiger partial charge >= 0.3 is 0 Å². The molecule has 0 aliphatic rings. The van der Waals surface area contributed by atoms with Crippen LogP contribution in [-0.2, 0) is 10.0 Å². The average molecular weight is 388 g/mol. The number of rotatable bonds is 8. The summed E-state index contributed by atoms with van der Waals surface area (Å²) in [5.74, 6) is 1.27. The molecule has 0 aliphatic heterocycles. The number of benzene rings is 2. The fraction of sp³-hybridized carbons (Fsp3) is 0.211. The Hall–Kier alpha value is -2.84. The highest BCUT2D eigenvalue weighted by atomic mass is 32.2. The molecule has 0 spiro atoms. The minimum atomic E-state index is -3.78. The molecule has 0 fully saturated rings. The Morgan fingerprint density at radius 1 is 1.00 bits per heavy atom. The highest BCUT2D eigenvalue weighted by molar-refractivity contribution is 7.89. The van der Waals surface area contributed by atoms with Crippen LogP contribution in [0.1, 0.15) is 0 Å². The molecule has 0 aliphatic carbocycles. The molecule has 1 heterocycles. The van der Waals surface area contributed by atoms with Gasteiger partial charge in [0.1, 0.15) is 34.3 Å². The van der Waals surface area contributed by atoms with Gasteiger partial charge in [0.05, 0.1) is 14.2 Å². The Balaban J connectivity index is 1.68. The lowest BCUT2D eigenvalue weighted by Gasteiger charge is -2.13. The van der Waals surface area contributed by atoms with Crippen LogP contribution in [0.4, 0.5) is 0 Å². The summed E-state index contributed by atoms with van der Waals surface area (Å²) in [5, 5.41) is 0.955. The second-order valence-corrected chi connectivity index (χ2v) is 7.33. The number of nitrogens with zero attached hydrogens (tertiary/aromatic N) is 1. The zero-order chi connectivity index (χ0) is 19.3. The molecule has 7 nitrogen and oxygen atoms in total. The van der Waals surface area contributed by atoms with Gasteiger partial charge in [0.25, 0.3) is 0 Å². The summed E-state index contributed by atoms with van der Waals surface area (Å²) in [5.41, 5.74) is 0.734. The zero-order valence-electron chi connectivity index (χ0n) is 15.0. The van der Waals surface area contributed by atoms with Crippen LogP contribution in [0.15, 0.2) is 59.6 Å². The van der Waals surface area contributed by atoms with E-state index in [1.54, 1.807) is 24.4 Å². The molecule has 3 rings (SSSR count). The van der Waals surface area contributed by atoms with Gasteiger partial charge in [0, 0.05) is 24.2 Å². The normalized spacial score (nSPS) is 11.3. The van der Waals surface area contributed by atoms with Gasteiger partial charge in [-0.2, -0.15) is 0 Å². The van der Waals surface area contributed by atoms with E-state index in [1.165, 1.54) is 20.3 Å². The number of aromatic nitrogens is 1. The van der Waals surface area contributed by atoms with Crippen molar-refractivity contribution in [2.45, 2.75) is 4.90 Å². The smallest absolute Gasteiger partial charge is 0.244 e. The number of sulfonamides is 1. The molecular weight excluding hydrogens is 368 g/mol. The third-order valence-electron chi connectivity index (χ3n) is 3.91. The Kier molecular flexibility index (Phi) is 5.78. The fourth-order valence-electron chi connectivity index (χ4n) is 2.60. The molecule has 0 unspecified atom stereocenters. The summed E-state index contributed by atoms with van der Waals surface area (Å²) >= 11 is 0. The lowest BCUT2D eigenvalue weighted by molar-refractivity contribution is 0.325. The highest BCUT2D eigenvalue weighted by Gasteiger charge is 2.20. The first-order chi connectivity index (χ1) is 13.0. The lowest BCUT2D eigenvalue weighted by Crippen LogP contribution is -2.28. The molecule has 0 saturated heterocycles. The predicted molar refractivity (Wildman–Crippen MR) is 102 cm³/mol. The van der Waals surface area contributed by atoms with Crippen molar-refractivity contribution in [2.75, 3.05) is 27.4 Å². The van der Waals surface area contributed by atoms with Crippen molar-refractivity contribution >= 4 is 20.9 Å². The third-order valence-corrected chi connectivity index (χ3v) is 5.39. The third kappa shape index (κ3) is 4.29. The maximum Gasteiger partial charge on any atom is 0.244 e. The van der Waals surface area contributed by atoms with E-state index in [1.807, 2.05) is 24.3 Å². The maximum absolute atomic E-state index is 12.6. The molecule has 2 aromatic carbocycles. The largest absolute Gasteiger partial charge is 0.497 e. The van der Waals surface area contributed by atoms with Gasteiger partial charge in [0.15, 0.2) is 0 Å². The van der Waals surface area contributed by atoms with E-state index < -0.39 is 10.0 Å². The fourth-order valence-corrected chi connectivity index (χ4v) is 3.80. The van der Waals surface area contributed by atoms with Gasteiger partial charge in [-0.3, -0.25) is 4.98 Å². The summed E-state index contributed by atoms with van der Waals surface area (Å²) in [6, 6.07) is 14.0. The molecule has 0 amide bonds. The molecule has 3 aromatic rings. The van der Waals surface area contributed by atoms with E-state index in [2.05, 4.69) is 9.71 Å². The van der Waals surface area contributed by atoms with E-state index in [9.17, 15) is 8.42 Å². The van der Waals surface area contributed by atoms with Crippen molar-refractivity contribution in [2.24, 2.45) is 0 Å². The summed E-state index contributed by atoms with van der Waals surface area (Å²) in [4.78, 5) is 4.31. The molecule has 27 heavy (non-hydrogen) atoms. The number of methoxy groups -OCH3 is 2. The number of fused-ring (bicyclic) bond motifs is 1. The molecule has 0 radical (unpaired) electrons. The molecule has 1 N–H and O–H groups in total. The number of hydrogen-bond donors (Lipinski definition) is 1. The first kappa shape index (κ1) is 18.9. The van der Waals surface area contributed by atoms with Gasteiger partial charge in [-0.15, -0.1) is 0 Å². The Morgan fingerprint density at radius 2 is 1.81 bits per heavy atom. The van der Waals surface area contributed by atoms with Gasteiger partial charge in [-0.05, 0) is 24.3 Å². The topological polar surface area (TPSA) is 86.8 Å². The van der Waals surface area contributed by atoms with Crippen molar-refractivity contribution in [1.29, 1.82) is 0 Å². The van der Waals surface area contributed by atoms with Crippen LogP contribution in [0.3, 0.4) is 0 Å². The van der Waals surface area contributed by atoms with Gasteiger partial charge in [-0.1, -0.05) is 18.2 Å². The molecule has 1 aromatic heterocycles. The van der Waals surface area contributed by atoms with Crippen LogP contribution in [0, 0.1) is 0 Å². The van der Waals surface area contributed by atoms with Crippen LogP contribution in [0.25, 0.3) is 10.9 Å². The monoisotopic (exact) mass is 388 g/mol. The summed E-state index contributed by atoms with van der Waals surface area (Å²) in [7, 11) is -0.899. The van der Waals surface area contributed by atoms with Crippen LogP contribution < -0.4 is 18.9 Å². The Bertz CT molecular complexity index is 1030. The molecule has 0 saturated carbocycles. The molecule has 0 bridgehead atoms. The molecule has 0 atom stereocenters. The van der Waals surface area contributed by atoms with E-state index in [0.29, 0.717) is 11.5 Å². The average Bonchev–Trinajstić information content (AvgIpc) is 2.70. The Morgan fingerprint density at radius 3 is 2.59 bits per heavy atom. The number of ether oxygens (including phenoxy) is 3. The van der Waals surface area contributed by atoms with Crippen molar-refractivity contribution < 1.29 is 22.6 Å². The molecule has 8 heteroatoms. The van der Waals surface area contributed by atoms with Crippen molar-refractivity contribution in [3.05, 3.63) is 54.7 Å². The van der Waals surface area contributed by atoms with Crippen molar-refractivity contribution in [3.8, 4) is 17.2 Å².